The molecule has 0 aliphatic heterocycles. The fourth-order valence-electron chi connectivity index (χ4n) is 6.56. The number of hydrogen-bond donors (Lipinski definition) is 2. The third-order valence-corrected chi connectivity index (χ3v) is 11.1. The number of methoxy groups -OCH3 is 2. The second-order valence-electron chi connectivity index (χ2n) is 18.1. The van der Waals surface area contributed by atoms with Crippen LogP contribution in [0.15, 0.2) is 0 Å². The van der Waals surface area contributed by atoms with Gasteiger partial charge in [-0.2, -0.15) is 0 Å². The Balaban J connectivity index is 3.44. The minimum atomic E-state index is -0.626. The van der Waals surface area contributed by atoms with Crippen molar-refractivity contribution in [3.63, 3.8) is 0 Å². The molecule has 0 rings (SSSR count). The molecule has 29 nitrogen and oxygen atoms in total. The van der Waals surface area contributed by atoms with Crippen molar-refractivity contribution in [2.24, 2.45) is 0 Å². The molecule has 518 valence electrons. The van der Waals surface area contributed by atoms with Gasteiger partial charge in [-0.1, -0.05) is 6.92 Å². The van der Waals surface area contributed by atoms with E-state index in [4.69, 9.17) is 114 Å². The second kappa shape index (κ2) is 76.1. The van der Waals surface area contributed by atoms with Crippen LogP contribution in [0, 0.1) is 0 Å². The second-order valence-corrected chi connectivity index (χ2v) is 18.1. The summed E-state index contributed by atoms with van der Waals surface area (Å²) in [5.41, 5.74) is 0. The van der Waals surface area contributed by atoms with Crippen molar-refractivity contribution >= 4 is 17.6 Å². The van der Waals surface area contributed by atoms with Gasteiger partial charge in [0.15, 0.2) is 5.78 Å². The standard InChI is InChI=1S/C58H114N2O27/c1-4-56(61)55(60-58(63)54-87-52-50-85-48-46-83-44-42-81-40-38-79-36-34-77-32-30-75-28-26-73-24-22-71-20-18-69-16-14-67-12-10-65-3)7-5-6-8-59-57(62)53-86-51-49-84-47-45-82-43-41-80-39-37-78-35-33-76-31-29-74-27-25-72-23-21-70-19-17-68-15-13-66-11-9-64-2/h55H,4-54H2,1-3H3,(H,59,62)(H,60,63)/t55-/m0/s1. The molecule has 1 atom stereocenters. The van der Waals surface area contributed by atoms with Crippen LogP contribution < -0.4 is 10.6 Å². The Morgan fingerprint density at radius 3 is 0.667 bits per heavy atom. The van der Waals surface area contributed by atoms with Crippen LogP contribution in [-0.2, 0) is 128 Å². The smallest absolute Gasteiger partial charge is 0.246 e. The highest BCUT2D eigenvalue weighted by atomic mass is 16.6. The Morgan fingerprint density at radius 1 is 0.264 bits per heavy atom. The molecule has 0 aromatic heterocycles. The maximum atomic E-state index is 12.5. The quantitative estimate of drug-likeness (QED) is 0.0779. The molecule has 0 aromatic rings. The Labute approximate surface area is 518 Å². The zero-order chi connectivity index (χ0) is 62.8. The average molecular weight is 1270 g/mol. The number of carbonyl (C=O) groups excluding carboxylic acids is 3. The Hall–Kier alpha value is -2.35. The molecule has 2 N–H and O–H groups in total. The lowest BCUT2D eigenvalue weighted by Crippen LogP contribution is -2.42. The van der Waals surface area contributed by atoms with Crippen molar-refractivity contribution in [3.8, 4) is 0 Å². The van der Waals surface area contributed by atoms with E-state index in [9.17, 15) is 14.4 Å². The van der Waals surface area contributed by atoms with Crippen molar-refractivity contribution in [1.82, 2.24) is 10.6 Å². The van der Waals surface area contributed by atoms with Crippen LogP contribution in [0.4, 0.5) is 0 Å². The van der Waals surface area contributed by atoms with Crippen LogP contribution in [0.1, 0.15) is 32.6 Å². The number of unbranched alkanes of at least 4 members (excludes halogenated alkanes) is 1. The molecule has 0 fully saturated rings. The van der Waals surface area contributed by atoms with E-state index in [1.54, 1.807) is 21.1 Å². The Bertz CT molecular complexity index is 1370. The summed E-state index contributed by atoms with van der Waals surface area (Å²) in [6.07, 6.45) is 1.99. The van der Waals surface area contributed by atoms with Crippen LogP contribution in [0.5, 0.6) is 0 Å². The maximum Gasteiger partial charge on any atom is 0.246 e. The largest absolute Gasteiger partial charge is 0.382 e. The minimum absolute atomic E-state index is 0.0687. The van der Waals surface area contributed by atoms with Gasteiger partial charge in [0.25, 0.3) is 0 Å². The zero-order valence-electron chi connectivity index (χ0n) is 53.2. The number of ketones is 1. The highest BCUT2D eigenvalue weighted by Gasteiger charge is 2.19. The van der Waals surface area contributed by atoms with Gasteiger partial charge < -0.3 is 124 Å². The van der Waals surface area contributed by atoms with Crippen LogP contribution in [0.3, 0.4) is 0 Å². The molecule has 0 radical (unpaired) electrons. The topological polar surface area (TPSA) is 297 Å². The molecule has 0 unspecified atom stereocenters. The first-order chi connectivity index (χ1) is 43.0. The number of rotatable bonds is 78. The van der Waals surface area contributed by atoms with E-state index < -0.39 is 6.04 Å². The van der Waals surface area contributed by atoms with Gasteiger partial charge in [-0.15, -0.1) is 0 Å². The van der Waals surface area contributed by atoms with Crippen molar-refractivity contribution in [3.05, 3.63) is 0 Å². The van der Waals surface area contributed by atoms with Crippen molar-refractivity contribution in [1.29, 1.82) is 0 Å². The summed E-state index contributed by atoms with van der Waals surface area (Å²) in [6, 6.07) is -0.626. The Morgan fingerprint density at radius 2 is 0.460 bits per heavy atom. The highest BCUT2D eigenvalue weighted by molar-refractivity contribution is 5.89. The van der Waals surface area contributed by atoms with Crippen molar-refractivity contribution in [2.75, 3.05) is 325 Å². The van der Waals surface area contributed by atoms with Gasteiger partial charge in [0, 0.05) is 27.2 Å². The van der Waals surface area contributed by atoms with Gasteiger partial charge in [0.2, 0.25) is 11.8 Å². The molecule has 0 spiro atoms. The third kappa shape index (κ3) is 72.6. The lowest BCUT2D eigenvalue weighted by Gasteiger charge is -2.17. The molecular formula is C58H114N2O27. The van der Waals surface area contributed by atoms with E-state index in [1.165, 1.54) is 0 Å². The maximum absolute atomic E-state index is 12.5. The van der Waals surface area contributed by atoms with Gasteiger partial charge in [-0.3, -0.25) is 14.4 Å². The summed E-state index contributed by atoms with van der Waals surface area (Å²) >= 11 is 0. The lowest BCUT2D eigenvalue weighted by molar-refractivity contribution is -0.131. The average Bonchev–Trinajstić information content (AvgIpc) is 3.58. The van der Waals surface area contributed by atoms with Gasteiger partial charge >= 0.3 is 0 Å². The van der Waals surface area contributed by atoms with Crippen LogP contribution in [0.2, 0.25) is 0 Å². The summed E-state index contributed by atoms with van der Waals surface area (Å²) in [5.74, 6) is -0.698. The molecule has 29 heteroatoms. The number of amides is 2. The highest BCUT2D eigenvalue weighted by Crippen LogP contribution is 2.05. The fraction of sp³-hybridized carbons (Fsp3) is 0.948. The number of Topliss-reactive ketones (excluding diaryl/α,β-unsaturated/α-hetero) is 1. The number of hydrogen-bond acceptors (Lipinski definition) is 27. The molecule has 0 aromatic carbocycles. The van der Waals surface area contributed by atoms with Gasteiger partial charge in [0.05, 0.1) is 297 Å². The first-order valence-electron chi connectivity index (χ1n) is 30.8. The minimum Gasteiger partial charge on any atom is -0.382 e. The van der Waals surface area contributed by atoms with Gasteiger partial charge in [0.1, 0.15) is 13.2 Å². The van der Waals surface area contributed by atoms with Crippen LogP contribution in [-0.4, -0.2) is 348 Å². The number of ether oxygens (including phenoxy) is 24. The van der Waals surface area contributed by atoms with Gasteiger partial charge in [-0.25, -0.2) is 0 Å². The van der Waals surface area contributed by atoms with E-state index in [1.807, 2.05) is 0 Å². The summed E-state index contributed by atoms with van der Waals surface area (Å²) in [7, 11) is 3.28. The SMILES string of the molecule is CCC(=O)[C@H](CCCCNC(=O)COCCOCCOCCOCCOCCOCCOCCOCCOCCOCCOCCOC)NC(=O)COCCOCCOCCOCCOCCOCCOCCOCCOCCOCCOCCOC. The monoisotopic (exact) mass is 1270 g/mol. The molecular weight excluding hydrogens is 1160 g/mol. The fourth-order valence-corrected chi connectivity index (χ4v) is 6.56. The van der Waals surface area contributed by atoms with E-state index in [0.29, 0.717) is 297 Å². The molecule has 0 saturated carbocycles. The van der Waals surface area contributed by atoms with Crippen molar-refractivity contribution < 1.29 is 128 Å². The van der Waals surface area contributed by atoms with E-state index in [0.717, 1.165) is 0 Å². The predicted molar refractivity (Wildman–Crippen MR) is 316 cm³/mol. The lowest BCUT2D eigenvalue weighted by atomic mass is 10.0. The molecule has 0 heterocycles. The molecule has 0 saturated heterocycles. The number of nitrogens with one attached hydrogen (secondary N) is 2. The van der Waals surface area contributed by atoms with Crippen LogP contribution >= 0.6 is 0 Å². The Kier molecular flexibility index (Phi) is 74.0. The third-order valence-electron chi connectivity index (χ3n) is 11.1. The molecule has 87 heavy (non-hydrogen) atoms. The van der Waals surface area contributed by atoms with E-state index >= 15 is 0 Å². The normalized spacial score (nSPS) is 11.9. The molecule has 0 aliphatic rings. The predicted octanol–water partition coefficient (Wildman–Crippen LogP) is 0.395. The summed E-state index contributed by atoms with van der Waals surface area (Å²) in [4.78, 5) is 37.2. The summed E-state index contributed by atoms with van der Waals surface area (Å²) in [5, 5.41) is 5.57. The molecule has 0 aliphatic carbocycles. The van der Waals surface area contributed by atoms with Crippen LogP contribution in [0.25, 0.3) is 0 Å². The first-order valence-corrected chi connectivity index (χ1v) is 30.8. The summed E-state index contributed by atoms with van der Waals surface area (Å²) < 4.78 is 130. The summed E-state index contributed by atoms with van der Waals surface area (Å²) in [6.45, 7) is 22.2. The first kappa shape index (κ1) is 84.7. The molecule has 2 amide bonds. The van der Waals surface area contributed by atoms with Crippen molar-refractivity contribution in [2.45, 2.75) is 38.6 Å². The molecule has 0 bridgehead atoms. The van der Waals surface area contributed by atoms with E-state index in [2.05, 4.69) is 10.6 Å². The van der Waals surface area contributed by atoms with Gasteiger partial charge in [-0.05, 0) is 19.3 Å². The number of carbonyl (C=O) groups is 3. The van der Waals surface area contributed by atoms with E-state index in [-0.39, 0.29) is 57.1 Å². The zero-order valence-corrected chi connectivity index (χ0v) is 53.2.